The van der Waals surface area contributed by atoms with Crippen LogP contribution in [0.4, 0.5) is 0 Å². The molecular formula is C15H24N2O. The quantitative estimate of drug-likeness (QED) is 0.863. The molecule has 2 atom stereocenters. The molecule has 0 aromatic heterocycles. The molecule has 0 bridgehead atoms. The van der Waals surface area contributed by atoms with Crippen molar-refractivity contribution in [1.29, 1.82) is 0 Å². The summed E-state index contributed by atoms with van der Waals surface area (Å²) < 4.78 is 5.96. The Morgan fingerprint density at radius 2 is 2.17 bits per heavy atom. The van der Waals surface area contributed by atoms with Gasteiger partial charge in [0.1, 0.15) is 0 Å². The van der Waals surface area contributed by atoms with Crippen LogP contribution < -0.4 is 5.32 Å². The van der Waals surface area contributed by atoms with Crippen LogP contribution in [0, 0.1) is 0 Å². The smallest absolute Gasteiger partial charge is 0.0896 e. The fourth-order valence-electron chi connectivity index (χ4n) is 2.68. The van der Waals surface area contributed by atoms with Crippen LogP contribution in [0.1, 0.15) is 24.9 Å². The standard InChI is InChI=1S/C15H24N2O/c1-3-9-17-10-11-18-14(12-17)15(16-2)13-7-5-4-6-8-13/h4-8,14-16H,3,9-12H2,1-2H3. The minimum Gasteiger partial charge on any atom is -0.374 e. The fourth-order valence-corrected chi connectivity index (χ4v) is 2.68. The van der Waals surface area contributed by atoms with Gasteiger partial charge in [0, 0.05) is 13.1 Å². The molecule has 0 spiro atoms. The third-order valence-corrected chi connectivity index (χ3v) is 3.56. The summed E-state index contributed by atoms with van der Waals surface area (Å²) in [4.78, 5) is 2.50. The first-order valence-electron chi connectivity index (χ1n) is 6.91. The summed E-state index contributed by atoms with van der Waals surface area (Å²) >= 11 is 0. The van der Waals surface area contributed by atoms with Crippen LogP contribution in [0.2, 0.25) is 0 Å². The van der Waals surface area contributed by atoms with Crippen molar-refractivity contribution in [3.8, 4) is 0 Å². The first-order valence-corrected chi connectivity index (χ1v) is 6.91. The Morgan fingerprint density at radius 3 is 2.83 bits per heavy atom. The molecule has 1 aromatic rings. The third kappa shape index (κ3) is 3.31. The monoisotopic (exact) mass is 248 g/mol. The van der Waals surface area contributed by atoms with Gasteiger partial charge in [-0.2, -0.15) is 0 Å². The van der Waals surface area contributed by atoms with Gasteiger partial charge < -0.3 is 10.1 Å². The van der Waals surface area contributed by atoms with E-state index in [0.29, 0.717) is 0 Å². The van der Waals surface area contributed by atoms with Gasteiger partial charge >= 0.3 is 0 Å². The number of nitrogens with zero attached hydrogens (tertiary/aromatic N) is 1. The summed E-state index contributed by atoms with van der Waals surface area (Å²) in [6.07, 6.45) is 1.46. The van der Waals surface area contributed by atoms with Crippen LogP contribution >= 0.6 is 0 Å². The van der Waals surface area contributed by atoms with Crippen molar-refractivity contribution in [1.82, 2.24) is 10.2 Å². The summed E-state index contributed by atoms with van der Waals surface area (Å²) in [7, 11) is 2.01. The second-order valence-corrected chi connectivity index (χ2v) is 4.89. The predicted octanol–water partition coefficient (Wildman–Crippen LogP) is 2.06. The van der Waals surface area contributed by atoms with Gasteiger partial charge in [0.15, 0.2) is 0 Å². The van der Waals surface area contributed by atoms with E-state index in [-0.39, 0.29) is 12.1 Å². The lowest BCUT2D eigenvalue weighted by Gasteiger charge is -2.37. The Hall–Kier alpha value is -0.900. The van der Waals surface area contributed by atoms with E-state index in [2.05, 4.69) is 47.5 Å². The van der Waals surface area contributed by atoms with Crippen LogP contribution in [0.15, 0.2) is 30.3 Å². The molecule has 3 heteroatoms. The number of ether oxygens (including phenoxy) is 1. The number of nitrogens with one attached hydrogen (secondary N) is 1. The van der Waals surface area contributed by atoms with Gasteiger partial charge in [0.2, 0.25) is 0 Å². The normalized spacial score (nSPS) is 22.9. The first kappa shape index (κ1) is 13.5. The topological polar surface area (TPSA) is 24.5 Å². The van der Waals surface area contributed by atoms with E-state index >= 15 is 0 Å². The maximum absolute atomic E-state index is 5.96. The molecule has 1 heterocycles. The van der Waals surface area contributed by atoms with Crippen molar-refractivity contribution in [3.63, 3.8) is 0 Å². The zero-order valence-electron chi connectivity index (χ0n) is 11.4. The highest BCUT2D eigenvalue weighted by molar-refractivity contribution is 5.20. The number of rotatable bonds is 5. The van der Waals surface area contributed by atoms with E-state index in [1.807, 2.05) is 7.05 Å². The average molecular weight is 248 g/mol. The van der Waals surface area contributed by atoms with Gasteiger partial charge in [-0.05, 0) is 25.6 Å². The van der Waals surface area contributed by atoms with Crippen LogP contribution in [-0.2, 0) is 4.74 Å². The summed E-state index contributed by atoms with van der Waals surface area (Å²) in [5, 5.41) is 3.40. The molecule has 1 fully saturated rings. The molecule has 1 aliphatic rings. The Bertz CT molecular complexity index is 340. The minimum atomic E-state index is 0.248. The molecule has 18 heavy (non-hydrogen) atoms. The van der Waals surface area contributed by atoms with Gasteiger partial charge in [-0.15, -0.1) is 0 Å². The van der Waals surface area contributed by atoms with Crippen molar-refractivity contribution in [2.45, 2.75) is 25.5 Å². The SMILES string of the molecule is CCCN1CCOC(C(NC)c2ccccc2)C1. The fraction of sp³-hybridized carbons (Fsp3) is 0.600. The van der Waals surface area contributed by atoms with E-state index in [9.17, 15) is 0 Å². The molecule has 1 aliphatic heterocycles. The maximum atomic E-state index is 5.96. The van der Waals surface area contributed by atoms with Crippen molar-refractivity contribution in [2.24, 2.45) is 0 Å². The molecule has 1 aromatic carbocycles. The van der Waals surface area contributed by atoms with Crippen LogP contribution in [-0.4, -0.2) is 44.3 Å². The van der Waals surface area contributed by atoms with E-state index in [0.717, 1.165) is 19.7 Å². The molecule has 3 nitrogen and oxygen atoms in total. The molecule has 100 valence electrons. The van der Waals surface area contributed by atoms with Crippen molar-refractivity contribution in [3.05, 3.63) is 35.9 Å². The van der Waals surface area contributed by atoms with Crippen molar-refractivity contribution >= 4 is 0 Å². The van der Waals surface area contributed by atoms with E-state index in [4.69, 9.17) is 4.74 Å². The Labute approximate surface area is 110 Å². The molecule has 1 saturated heterocycles. The van der Waals surface area contributed by atoms with Crippen LogP contribution in [0.5, 0.6) is 0 Å². The minimum absolute atomic E-state index is 0.248. The van der Waals surface area contributed by atoms with Gasteiger partial charge in [0.25, 0.3) is 0 Å². The van der Waals surface area contributed by atoms with E-state index in [1.165, 1.54) is 18.5 Å². The molecule has 0 radical (unpaired) electrons. The highest BCUT2D eigenvalue weighted by Crippen LogP contribution is 2.22. The number of benzene rings is 1. The summed E-state index contributed by atoms with van der Waals surface area (Å²) in [5.41, 5.74) is 1.31. The molecule has 0 aliphatic carbocycles. The summed E-state index contributed by atoms with van der Waals surface area (Å²) in [6, 6.07) is 10.9. The van der Waals surface area contributed by atoms with Crippen molar-refractivity contribution < 1.29 is 4.74 Å². The van der Waals surface area contributed by atoms with Gasteiger partial charge in [0.05, 0.1) is 18.8 Å². The molecule has 2 rings (SSSR count). The number of hydrogen-bond donors (Lipinski definition) is 1. The van der Waals surface area contributed by atoms with E-state index in [1.54, 1.807) is 0 Å². The molecule has 2 unspecified atom stereocenters. The molecule has 0 amide bonds. The lowest BCUT2D eigenvalue weighted by atomic mass is 10.00. The molecular weight excluding hydrogens is 224 g/mol. The second-order valence-electron chi connectivity index (χ2n) is 4.89. The van der Waals surface area contributed by atoms with Crippen LogP contribution in [0.25, 0.3) is 0 Å². The highest BCUT2D eigenvalue weighted by atomic mass is 16.5. The maximum Gasteiger partial charge on any atom is 0.0896 e. The molecule has 1 N–H and O–H groups in total. The second kappa shape index (κ2) is 6.88. The lowest BCUT2D eigenvalue weighted by Crippen LogP contribution is -2.47. The Balaban J connectivity index is 2.03. The number of morpholine rings is 1. The van der Waals surface area contributed by atoms with Crippen molar-refractivity contribution in [2.75, 3.05) is 33.3 Å². The van der Waals surface area contributed by atoms with Gasteiger partial charge in [-0.3, -0.25) is 4.90 Å². The van der Waals surface area contributed by atoms with E-state index < -0.39 is 0 Å². The average Bonchev–Trinajstić information content (AvgIpc) is 2.42. The third-order valence-electron chi connectivity index (χ3n) is 3.56. The number of likely N-dealkylation sites (N-methyl/N-ethyl adjacent to an activating group) is 1. The first-order chi connectivity index (χ1) is 8.85. The molecule has 0 saturated carbocycles. The van der Waals surface area contributed by atoms with Crippen LogP contribution in [0.3, 0.4) is 0 Å². The largest absolute Gasteiger partial charge is 0.374 e. The summed E-state index contributed by atoms with van der Waals surface area (Å²) in [5.74, 6) is 0. The zero-order valence-corrected chi connectivity index (χ0v) is 11.4. The zero-order chi connectivity index (χ0) is 12.8. The predicted molar refractivity (Wildman–Crippen MR) is 74.7 cm³/mol. The van der Waals surface area contributed by atoms with Gasteiger partial charge in [-0.25, -0.2) is 0 Å². The summed E-state index contributed by atoms with van der Waals surface area (Å²) in [6.45, 7) is 6.34. The Morgan fingerprint density at radius 1 is 1.39 bits per heavy atom. The number of hydrogen-bond acceptors (Lipinski definition) is 3. The van der Waals surface area contributed by atoms with Gasteiger partial charge in [-0.1, -0.05) is 37.3 Å². The lowest BCUT2D eigenvalue weighted by molar-refractivity contribution is -0.0459. The highest BCUT2D eigenvalue weighted by Gasteiger charge is 2.27. The Kier molecular flexibility index (Phi) is 5.17.